The second kappa shape index (κ2) is 30.0. The van der Waals surface area contributed by atoms with Gasteiger partial charge in [0.2, 0.25) is 0 Å². The molecule has 4 heteroatoms. The smallest absolute Gasteiger partial charge is 0.306 e. The lowest BCUT2D eigenvalue weighted by Gasteiger charge is -2.18. The Morgan fingerprint density at radius 2 is 1.03 bits per heavy atom. The van der Waals surface area contributed by atoms with Crippen molar-refractivity contribution < 1.29 is 19.4 Å². The Morgan fingerprint density at radius 1 is 0.579 bits per heavy atom. The van der Waals surface area contributed by atoms with Crippen molar-refractivity contribution in [2.75, 3.05) is 0 Å². The maximum atomic E-state index is 12.4. The van der Waals surface area contributed by atoms with Crippen LogP contribution in [0.25, 0.3) is 0 Å². The van der Waals surface area contributed by atoms with Crippen molar-refractivity contribution in [2.24, 2.45) is 0 Å². The van der Waals surface area contributed by atoms with Crippen LogP contribution in [0.15, 0.2) is 24.3 Å². The Balaban J connectivity index is 4.06. The fourth-order valence-electron chi connectivity index (χ4n) is 4.74. The molecule has 0 aliphatic heterocycles. The molecule has 0 aromatic rings. The molecule has 0 aromatic carbocycles. The van der Waals surface area contributed by atoms with Gasteiger partial charge >= 0.3 is 11.9 Å². The number of rotatable bonds is 29. The van der Waals surface area contributed by atoms with E-state index in [1.165, 1.54) is 70.6 Å². The highest BCUT2D eigenvalue weighted by molar-refractivity contribution is 5.69. The Morgan fingerprint density at radius 3 is 1.58 bits per heavy atom. The van der Waals surface area contributed by atoms with Gasteiger partial charge in [-0.05, 0) is 70.6 Å². The summed E-state index contributed by atoms with van der Waals surface area (Å²) in [5, 5.41) is 8.75. The van der Waals surface area contributed by atoms with Crippen LogP contribution in [0.1, 0.15) is 174 Å². The van der Waals surface area contributed by atoms with Crippen LogP contribution in [0.4, 0.5) is 0 Å². The van der Waals surface area contributed by atoms with Crippen molar-refractivity contribution in [3.8, 4) is 0 Å². The number of carbonyl (C=O) groups excluding carboxylic acids is 1. The first-order valence-electron chi connectivity index (χ1n) is 16.3. The molecule has 0 aliphatic carbocycles. The third-order valence-corrected chi connectivity index (χ3v) is 7.18. The van der Waals surface area contributed by atoms with Crippen molar-refractivity contribution >= 4 is 11.9 Å². The quantitative estimate of drug-likeness (QED) is 0.0589. The van der Waals surface area contributed by atoms with Crippen LogP contribution in [-0.4, -0.2) is 23.1 Å². The fourth-order valence-corrected chi connectivity index (χ4v) is 4.74. The number of hydrogen-bond donors (Lipinski definition) is 1. The van der Waals surface area contributed by atoms with E-state index in [0.29, 0.717) is 6.42 Å². The van der Waals surface area contributed by atoms with Gasteiger partial charge in [0.15, 0.2) is 0 Å². The summed E-state index contributed by atoms with van der Waals surface area (Å²) in [6.07, 6.45) is 36.3. The average molecular weight is 535 g/mol. The van der Waals surface area contributed by atoms with Crippen molar-refractivity contribution in [3.05, 3.63) is 24.3 Å². The third kappa shape index (κ3) is 29.0. The summed E-state index contributed by atoms with van der Waals surface area (Å²) in [6, 6.07) is 0. The highest BCUT2D eigenvalue weighted by Gasteiger charge is 2.14. The molecular weight excluding hydrogens is 472 g/mol. The Labute approximate surface area is 236 Å². The number of hydrogen-bond acceptors (Lipinski definition) is 3. The van der Waals surface area contributed by atoms with Crippen LogP contribution in [0.2, 0.25) is 0 Å². The topological polar surface area (TPSA) is 63.6 Å². The van der Waals surface area contributed by atoms with Crippen LogP contribution < -0.4 is 0 Å². The van der Waals surface area contributed by atoms with Crippen LogP contribution in [-0.2, 0) is 14.3 Å². The van der Waals surface area contributed by atoms with E-state index in [1.807, 2.05) is 0 Å². The molecule has 0 aromatic heterocycles. The van der Waals surface area contributed by atoms with Gasteiger partial charge in [0.05, 0.1) is 0 Å². The van der Waals surface area contributed by atoms with Gasteiger partial charge in [-0.25, -0.2) is 0 Å². The van der Waals surface area contributed by atoms with Crippen LogP contribution in [0.3, 0.4) is 0 Å². The molecule has 0 saturated carbocycles. The molecule has 222 valence electrons. The van der Waals surface area contributed by atoms with Gasteiger partial charge in [-0.2, -0.15) is 0 Å². The van der Waals surface area contributed by atoms with E-state index in [2.05, 4.69) is 38.2 Å². The summed E-state index contributed by atoms with van der Waals surface area (Å²) in [5.41, 5.74) is 0. The van der Waals surface area contributed by atoms with E-state index in [1.54, 1.807) is 0 Å². The first kappa shape index (κ1) is 36.4. The minimum absolute atomic E-state index is 0.0232. The molecule has 0 rings (SSSR count). The van der Waals surface area contributed by atoms with Gasteiger partial charge in [-0.1, -0.05) is 115 Å². The van der Waals surface area contributed by atoms with Gasteiger partial charge in [0, 0.05) is 12.8 Å². The van der Waals surface area contributed by atoms with Crippen LogP contribution >= 0.6 is 0 Å². The van der Waals surface area contributed by atoms with Gasteiger partial charge in [-0.15, -0.1) is 0 Å². The lowest BCUT2D eigenvalue weighted by atomic mass is 10.0. The minimum atomic E-state index is -0.706. The second-order valence-electron chi connectivity index (χ2n) is 11.0. The van der Waals surface area contributed by atoms with Crippen LogP contribution in [0, 0.1) is 0 Å². The Hall–Kier alpha value is -1.58. The monoisotopic (exact) mass is 534 g/mol. The molecule has 1 atom stereocenters. The second-order valence-corrected chi connectivity index (χ2v) is 11.0. The predicted molar refractivity (Wildman–Crippen MR) is 163 cm³/mol. The number of carboxylic acid groups (broad SMARTS) is 1. The van der Waals surface area contributed by atoms with Crippen molar-refractivity contribution in [2.45, 2.75) is 180 Å². The first-order valence-corrected chi connectivity index (χ1v) is 16.3. The normalized spacial score (nSPS) is 12.5. The highest BCUT2D eigenvalue weighted by Crippen LogP contribution is 2.18. The molecule has 0 bridgehead atoms. The average Bonchev–Trinajstić information content (AvgIpc) is 2.89. The van der Waals surface area contributed by atoms with Gasteiger partial charge in [0.1, 0.15) is 6.10 Å². The number of aliphatic carboxylic acids is 1. The largest absolute Gasteiger partial charge is 0.481 e. The van der Waals surface area contributed by atoms with E-state index in [-0.39, 0.29) is 18.5 Å². The Kier molecular flexibility index (Phi) is 28.7. The molecule has 0 aliphatic rings. The van der Waals surface area contributed by atoms with E-state index < -0.39 is 5.97 Å². The molecule has 0 amide bonds. The number of esters is 1. The number of allylic oxidation sites excluding steroid dienone is 4. The maximum Gasteiger partial charge on any atom is 0.306 e. The molecular formula is C34H62O4. The highest BCUT2D eigenvalue weighted by atomic mass is 16.5. The lowest BCUT2D eigenvalue weighted by molar-refractivity contribution is -0.150. The Bertz CT molecular complexity index is 581. The zero-order chi connectivity index (χ0) is 27.9. The zero-order valence-corrected chi connectivity index (χ0v) is 25.2. The number of unbranched alkanes of at least 4 members (excludes halogenated alkanes) is 16. The van der Waals surface area contributed by atoms with Gasteiger partial charge < -0.3 is 9.84 Å². The fraction of sp³-hybridized carbons (Fsp3) is 0.824. The molecule has 0 radical (unpaired) electrons. The minimum Gasteiger partial charge on any atom is -0.481 e. The van der Waals surface area contributed by atoms with Gasteiger partial charge in [0.25, 0.3) is 0 Å². The van der Waals surface area contributed by atoms with Gasteiger partial charge in [-0.3, -0.25) is 9.59 Å². The standard InChI is InChI=1S/C34H62O4/c1-3-5-7-9-10-11-12-13-14-15-16-17-18-21-24-28-32(29-25-22-19-23-26-30-33(35)36)38-34(37)31-27-20-8-6-4-2/h12-13,15-16,32H,3-11,14,17-31H2,1-2H3,(H,35,36)/b13-12-,16-15-. The lowest BCUT2D eigenvalue weighted by Crippen LogP contribution is -2.18. The molecule has 0 spiro atoms. The third-order valence-electron chi connectivity index (χ3n) is 7.18. The number of ether oxygens (including phenoxy) is 1. The summed E-state index contributed by atoms with van der Waals surface area (Å²) in [7, 11) is 0. The number of carbonyl (C=O) groups is 2. The summed E-state index contributed by atoms with van der Waals surface area (Å²) in [5.74, 6) is -0.729. The molecule has 4 nitrogen and oxygen atoms in total. The molecule has 0 fully saturated rings. The summed E-state index contributed by atoms with van der Waals surface area (Å²) < 4.78 is 5.90. The molecule has 1 unspecified atom stereocenters. The molecule has 0 heterocycles. The SMILES string of the molecule is CCCCCCC/C=C\C/C=C\CCCCCC(CCCCCCCC(=O)O)OC(=O)CCCCCCC. The van der Waals surface area contributed by atoms with Crippen molar-refractivity contribution in [3.63, 3.8) is 0 Å². The van der Waals surface area contributed by atoms with Crippen molar-refractivity contribution in [1.29, 1.82) is 0 Å². The van der Waals surface area contributed by atoms with E-state index in [9.17, 15) is 9.59 Å². The molecule has 1 N–H and O–H groups in total. The summed E-state index contributed by atoms with van der Waals surface area (Å²) in [4.78, 5) is 23.0. The molecule has 0 saturated heterocycles. The van der Waals surface area contributed by atoms with E-state index >= 15 is 0 Å². The van der Waals surface area contributed by atoms with E-state index in [0.717, 1.165) is 77.0 Å². The first-order chi connectivity index (χ1) is 18.6. The maximum absolute atomic E-state index is 12.4. The molecule has 38 heavy (non-hydrogen) atoms. The summed E-state index contributed by atoms with van der Waals surface area (Å²) >= 11 is 0. The predicted octanol–water partition coefficient (Wildman–Crippen LogP) is 10.9. The summed E-state index contributed by atoms with van der Waals surface area (Å²) in [6.45, 7) is 4.47. The van der Waals surface area contributed by atoms with Crippen LogP contribution in [0.5, 0.6) is 0 Å². The zero-order valence-electron chi connectivity index (χ0n) is 25.2. The van der Waals surface area contributed by atoms with E-state index in [4.69, 9.17) is 9.84 Å². The van der Waals surface area contributed by atoms with Crippen molar-refractivity contribution in [1.82, 2.24) is 0 Å². The number of carboxylic acids is 1.